The Bertz CT molecular complexity index is 862. The molecule has 0 aliphatic carbocycles. The van der Waals surface area contributed by atoms with Crippen LogP contribution in [0, 0.1) is 0 Å². The molecule has 1 aliphatic rings. The van der Waals surface area contributed by atoms with E-state index >= 15 is 0 Å². The molecule has 120 valence electrons. The van der Waals surface area contributed by atoms with Gasteiger partial charge in [0.15, 0.2) is 11.5 Å². The number of carboxylic acid groups (broad SMARTS) is 1. The van der Waals surface area contributed by atoms with Gasteiger partial charge in [-0.25, -0.2) is 8.42 Å². The summed E-state index contributed by atoms with van der Waals surface area (Å²) < 4.78 is 37.8. The van der Waals surface area contributed by atoms with Gasteiger partial charge in [0.05, 0.1) is 16.6 Å². The number of hydrogen-bond donors (Lipinski definition) is 1. The first-order valence-electron chi connectivity index (χ1n) is 6.70. The molecular weight excluding hydrogens is 322 g/mol. The Morgan fingerprint density at radius 2 is 1.74 bits per heavy atom. The Kier molecular flexibility index (Phi) is 3.83. The summed E-state index contributed by atoms with van der Waals surface area (Å²) in [7, 11) is -3.98. The summed E-state index contributed by atoms with van der Waals surface area (Å²) in [4.78, 5) is 11.0. The number of hydrogen-bond acceptors (Lipinski definition) is 6. The zero-order valence-electron chi connectivity index (χ0n) is 11.8. The molecule has 2 aromatic rings. The Morgan fingerprint density at radius 1 is 1.04 bits per heavy atom. The predicted molar refractivity (Wildman–Crippen MR) is 79.0 cm³/mol. The molecule has 1 heterocycles. The quantitative estimate of drug-likeness (QED) is 0.879. The molecule has 0 saturated heterocycles. The van der Waals surface area contributed by atoms with Crippen molar-refractivity contribution in [1.29, 1.82) is 0 Å². The van der Waals surface area contributed by atoms with E-state index in [2.05, 4.69) is 4.72 Å². The molecule has 1 aliphatic heterocycles. The number of benzene rings is 2. The van der Waals surface area contributed by atoms with Gasteiger partial charge in [-0.2, -0.15) is 0 Å². The zero-order chi connectivity index (χ0) is 16.4. The molecule has 0 saturated carbocycles. The van der Waals surface area contributed by atoms with E-state index in [1.54, 1.807) is 0 Å². The molecule has 23 heavy (non-hydrogen) atoms. The summed E-state index contributed by atoms with van der Waals surface area (Å²) in [5.41, 5.74) is -0.309. The highest BCUT2D eigenvalue weighted by Gasteiger charge is 2.20. The molecule has 0 fully saturated rings. The van der Waals surface area contributed by atoms with Crippen LogP contribution < -0.4 is 19.3 Å². The number of sulfonamides is 1. The van der Waals surface area contributed by atoms with Crippen molar-refractivity contribution < 1.29 is 27.8 Å². The van der Waals surface area contributed by atoms with E-state index in [9.17, 15) is 18.3 Å². The van der Waals surface area contributed by atoms with E-state index < -0.39 is 16.0 Å². The van der Waals surface area contributed by atoms with Gasteiger partial charge in [0, 0.05) is 11.6 Å². The van der Waals surface area contributed by atoms with Gasteiger partial charge < -0.3 is 19.4 Å². The molecule has 2 aromatic carbocycles. The maximum Gasteiger partial charge on any atom is 0.262 e. The van der Waals surface area contributed by atoms with Crippen LogP contribution in [0.4, 0.5) is 5.69 Å². The van der Waals surface area contributed by atoms with Crippen LogP contribution in [0.1, 0.15) is 10.4 Å². The van der Waals surface area contributed by atoms with Gasteiger partial charge in [-0.3, -0.25) is 4.72 Å². The minimum atomic E-state index is -3.98. The molecular formula is C15H12NO6S-. The van der Waals surface area contributed by atoms with Crippen molar-refractivity contribution >= 4 is 21.7 Å². The number of anilines is 1. The zero-order valence-corrected chi connectivity index (χ0v) is 12.6. The van der Waals surface area contributed by atoms with Gasteiger partial charge in [-0.15, -0.1) is 0 Å². The minimum absolute atomic E-state index is 0.0603. The topological polar surface area (TPSA) is 105 Å². The van der Waals surface area contributed by atoms with Crippen LogP contribution in [0.3, 0.4) is 0 Å². The number of aromatic carboxylic acids is 1. The fourth-order valence-corrected chi connectivity index (χ4v) is 3.24. The van der Waals surface area contributed by atoms with Crippen molar-refractivity contribution in [3.63, 3.8) is 0 Å². The van der Waals surface area contributed by atoms with Crippen molar-refractivity contribution in [3.8, 4) is 11.5 Å². The first-order chi connectivity index (χ1) is 11.0. The Hall–Kier alpha value is -2.74. The van der Waals surface area contributed by atoms with Gasteiger partial charge in [-0.05, 0) is 18.2 Å². The highest BCUT2D eigenvalue weighted by Crippen LogP contribution is 2.32. The summed E-state index contributed by atoms with van der Waals surface area (Å²) in [5, 5.41) is 11.1. The van der Waals surface area contributed by atoms with Gasteiger partial charge in [-0.1, -0.05) is 18.2 Å². The summed E-state index contributed by atoms with van der Waals surface area (Å²) in [6.07, 6.45) is 0. The molecule has 7 nitrogen and oxygen atoms in total. The van der Waals surface area contributed by atoms with Crippen LogP contribution in [-0.4, -0.2) is 27.6 Å². The Balaban J connectivity index is 1.95. The van der Waals surface area contributed by atoms with Crippen LogP contribution in [0.5, 0.6) is 11.5 Å². The lowest BCUT2D eigenvalue weighted by molar-refractivity contribution is -0.254. The highest BCUT2D eigenvalue weighted by molar-refractivity contribution is 7.92. The number of carbonyl (C=O) groups is 1. The van der Waals surface area contributed by atoms with E-state index in [0.29, 0.717) is 24.7 Å². The third-order valence-corrected chi connectivity index (χ3v) is 4.58. The van der Waals surface area contributed by atoms with Crippen LogP contribution in [0.15, 0.2) is 47.4 Å². The lowest BCUT2D eigenvalue weighted by Gasteiger charge is -2.19. The largest absolute Gasteiger partial charge is 0.545 e. The summed E-state index contributed by atoms with van der Waals surface area (Å²) in [6, 6.07) is 9.79. The Labute approximate surface area is 132 Å². The highest BCUT2D eigenvalue weighted by atomic mass is 32.2. The molecule has 0 unspecified atom stereocenters. The molecule has 0 radical (unpaired) electrons. The smallest absolute Gasteiger partial charge is 0.262 e. The summed E-state index contributed by atoms with van der Waals surface area (Å²) in [5.74, 6) is -0.678. The van der Waals surface area contributed by atoms with E-state index in [1.807, 2.05) is 0 Å². The molecule has 1 N–H and O–H groups in total. The molecule has 8 heteroatoms. The average Bonchev–Trinajstić information content (AvgIpc) is 2.54. The number of carboxylic acids is 1. The van der Waals surface area contributed by atoms with Crippen LogP contribution in [0.2, 0.25) is 0 Å². The van der Waals surface area contributed by atoms with E-state index in [1.165, 1.54) is 42.5 Å². The third kappa shape index (κ3) is 3.07. The van der Waals surface area contributed by atoms with Crippen molar-refractivity contribution in [3.05, 3.63) is 48.0 Å². The van der Waals surface area contributed by atoms with E-state index in [4.69, 9.17) is 9.47 Å². The first-order valence-corrected chi connectivity index (χ1v) is 8.18. The average molecular weight is 334 g/mol. The predicted octanol–water partition coefficient (Wildman–Crippen LogP) is 0.622. The molecule has 0 atom stereocenters. The normalized spacial score (nSPS) is 13.4. The lowest BCUT2D eigenvalue weighted by atomic mass is 10.2. The standard InChI is InChI=1S/C15H13NO6S/c17-15(18)11-3-1-2-4-12(11)16-23(19,20)10-5-6-13-14(9-10)22-8-7-21-13/h1-6,9,16H,7-8H2,(H,17,18)/p-1. The molecule has 3 rings (SSSR count). The second-order valence-electron chi connectivity index (χ2n) is 4.74. The maximum absolute atomic E-state index is 12.4. The van der Waals surface area contributed by atoms with Crippen LogP contribution in [-0.2, 0) is 10.0 Å². The SMILES string of the molecule is O=C([O-])c1ccccc1NS(=O)(=O)c1ccc2c(c1)OCCO2. The number of carbonyl (C=O) groups excluding carboxylic acids is 1. The molecule has 0 spiro atoms. The number of rotatable bonds is 4. The second-order valence-corrected chi connectivity index (χ2v) is 6.43. The Morgan fingerprint density at radius 3 is 2.48 bits per heavy atom. The number of fused-ring (bicyclic) bond motifs is 1. The number of nitrogens with one attached hydrogen (secondary N) is 1. The van der Waals surface area contributed by atoms with E-state index in [-0.39, 0.29) is 16.1 Å². The fourth-order valence-electron chi connectivity index (χ4n) is 2.14. The summed E-state index contributed by atoms with van der Waals surface area (Å²) in [6.45, 7) is 0.730. The molecule has 0 amide bonds. The van der Waals surface area contributed by atoms with Gasteiger partial charge in [0.2, 0.25) is 0 Å². The van der Waals surface area contributed by atoms with Gasteiger partial charge in [0.25, 0.3) is 10.0 Å². The first kappa shape index (κ1) is 15.2. The third-order valence-electron chi connectivity index (χ3n) is 3.22. The number of para-hydroxylation sites is 1. The van der Waals surface area contributed by atoms with Gasteiger partial charge in [0.1, 0.15) is 13.2 Å². The van der Waals surface area contributed by atoms with Crippen LogP contribution in [0.25, 0.3) is 0 Å². The fraction of sp³-hybridized carbons (Fsp3) is 0.133. The molecule has 0 bridgehead atoms. The van der Waals surface area contributed by atoms with Crippen molar-refractivity contribution in [2.75, 3.05) is 17.9 Å². The lowest BCUT2D eigenvalue weighted by Crippen LogP contribution is -2.25. The number of ether oxygens (including phenoxy) is 2. The van der Waals surface area contributed by atoms with Crippen LogP contribution >= 0.6 is 0 Å². The minimum Gasteiger partial charge on any atom is -0.545 e. The monoisotopic (exact) mass is 334 g/mol. The molecule has 0 aromatic heterocycles. The van der Waals surface area contributed by atoms with Crippen molar-refractivity contribution in [1.82, 2.24) is 0 Å². The van der Waals surface area contributed by atoms with Crippen molar-refractivity contribution in [2.24, 2.45) is 0 Å². The second kappa shape index (κ2) is 5.81. The maximum atomic E-state index is 12.4. The van der Waals surface area contributed by atoms with Gasteiger partial charge >= 0.3 is 0 Å². The summed E-state index contributed by atoms with van der Waals surface area (Å²) >= 11 is 0. The van der Waals surface area contributed by atoms with E-state index in [0.717, 1.165) is 0 Å². The van der Waals surface area contributed by atoms with Crippen molar-refractivity contribution in [2.45, 2.75) is 4.90 Å².